The molecule has 0 radical (unpaired) electrons. The zero-order valence-corrected chi connectivity index (χ0v) is 8.50. The molecule has 0 aliphatic rings. The van der Waals surface area contributed by atoms with Crippen molar-refractivity contribution in [2.75, 3.05) is 0 Å². The summed E-state index contributed by atoms with van der Waals surface area (Å²) in [7, 11) is 0. The fourth-order valence-corrected chi connectivity index (χ4v) is 1.00. The molecule has 1 aromatic heterocycles. The minimum absolute atomic E-state index is 0.0288. The zero-order valence-electron chi connectivity index (χ0n) is 8.50. The average Bonchev–Trinajstić information content (AvgIpc) is 2.47. The van der Waals surface area contributed by atoms with E-state index in [9.17, 15) is 0 Å². The molecule has 0 amide bonds. The third kappa shape index (κ3) is 2.28. The van der Waals surface area contributed by atoms with E-state index < -0.39 is 0 Å². The molecule has 13 heavy (non-hydrogen) atoms. The molecule has 1 aromatic rings. The normalized spacial score (nSPS) is 10.8. The Morgan fingerprint density at radius 3 is 2.62 bits per heavy atom. The van der Waals surface area contributed by atoms with E-state index in [4.69, 9.17) is 0 Å². The van der Waals surface area contributed by atoms with Crippen LogP contribution in [0.1, 0.15) is 33.5 Å². The Balaban J connectivity index is 2.94. The number of rotatable bonds is 1. The van der Waals surface area contributed by atoms with Crippen LogP contribution in [-0.2, 0) is 12.0 Å². The van der Waals surface area contributed by atoms with Crippen LogP contribution in [0, 0.1) is 11.8 Å². The minimum Gasteiger partial charge on any atom is -0.217 e. The maximum absolute atomic E-state index is 3.97. The van der Waals surface area contributed by atoms with Crippen molar-refractivity contribution in [3.05, 3.63) is 5.82 Å². The molecule has 0 bridgehead atoms. The number of tetrazole rings is 1. The van der Waals surface area contributed by atoms with Crippen molar-refractivity contribution in [1.82, 2.24) is 20.2 Å². The zero-order chi connectivity index (χ0) is 9.90. The molecule has 0 aliphatic heterocycles. The van der Waals surface area contributed by atoms with Gasteiger partial charge in [-0.15, -0.1) is 11.0 Å². The first kappa shape index (κ1) is 9.72. The summed E-state index contributed by atoms with van der Waals surface area (Å²) in [4.78, 5) is 0. The van der Waals surface area contributed by atoms with Crippen molar-refractivity contribution in [3.63, 3.8) is 0 Å². The van der Waals surface area contributed by atoms with Crippen LogP contribution in [0.5, 0.6) is 0 Å². The van der Waals surface area contributed by atoms with Gasteiger partial charge in [0.25, 0.3) is 0 Å². The Morgan fingerprint density at radius 2 is 2.08 bits per heavy atom. The van der Waals surface area contributed by atoms with Crippen LogP contribution in [0.2, 0.25) is 0 Å². The van der Waals surface area contributed by atoms with Crippen LogP contribution in [0.15, 0.2) is 0 Å². The standard InChI is InChI=1S/C9H14N4/c1-5-6-7-13-8(9(2,3)4)10-11-12-13/h7H2,1-4H3. The van der Waals surface area contributed by atoms with E-state index in [0.29, 0.717) is 6.54 Å². The first-order chi connectivity index (χ1) is 6.05. The van der Waals surface area contributed by atoms with Crippen LogP contribution in [0.4, 0.5) is 0 Å². The molecule has 0 aliphatic carbocycles. The van der Waals surface area contributed by atoms with E-state index >= 15 is 0 Å². The van der Waals surface area contributed by atoms with Crippen LogP contribution in [0.3, 0.4) is 0 Å². The fraction of sp³-hybridized carbons (Fsp3) is 0.667. The van der Waals surface area contributed by atoms with Gasteiger partial charge in [-0.1, -0.05) is 26.7 Å². The second kappa shape index (κ2) is 3.56. The van der Waals surface area contributed by atoms with E-state index in [1.165, 1.54) is 0 Å². The monoisotopic (exact) mass is 178 g/mol. The highest BCUT2D eigenvalue weighted by Gasteiger charge is 2.21. The molecular weight excluding hydrogens is 164 g/mol. The van der Waals surface area contributed by atoms with Crippen molar-refractivity contribution in [2.45, 2.75) is 39.7 Å². The highest BCUT2D eigenvalue weighted by Crippen LogP contribution is 2.17. The number of nitrogens with zero attached hydrogens (tertiary/aromatic N) is 4. The summed E-state index contributed by atoms with van der Waals surface area (Å²) >= 11 is 0. The van der Waals surface area contributed by atoms with Crippen LogP contribution in [0.25, 0.3) is 0 Å². The summed E-state index contributed by atoms with van der Waals surface area (Å²) in [5.41, 5.74) is -0.0288. The predicted octanol–water partition coefficient (Wildman–Crippen LogP) is 0.994. The minimum atomic E-state index is -0.0288. The molecule has 0 spiro atoms. The second-order valence-electron chi connectivity index (χ2n) is 3.84. The Bertz CT molecular complexity index is 334. The molecule has 1 heterocycles. The van der Waals surface area contributed by atoms with Gasteiger partial charge in [-0.25, -0.2) is 4.68 Å². The van der Waals surface area contributed by atoms with Gasteiger partial charge in [0.05, 0.1) is 0 Å². The molecule has 0 fully saturated rings. The van der Waals surface area contributed by atoms with Crippen LogP contribution < -0.4 is 0 Å². The Hall–Kier alpha value is -1.37. The first-order valence-electron chi connectivity index (χ1n) is 4.22. The average molecular weight is 178 g/mol. The van der Waals surface area contributed by atoms with Gasteiger partial charge >= 0.3 is 0 Å². The lowest BCUT2D eigenvalue weighted by Crippen LogP contribution is -2.19. The number of hydrogen-bond acceptors (Lipinski definition) is 3. The molecule has 4 heteroatoms. The molecule has 0 saturated heterocycles. The third-order valence-electron chi connectivity index (χ3n) is 1.61. The first-order valence-corrected chi connectivity index (χ1v) is 4.22. The summed E-state index contributed by atoms with van der Waals surface area (Å²) in [5.74, 6) is 6.62. The van der Waals surface area contributed by atoms with Gasteiger partial charge < -0.3 is 0 Å². The molecule has 0 atom stereocenters. The van der Waals surface area contributed by atoms with Crippen molar-refractivity contribution in [2.24, 2.45) is 0 Å². The van der Waals surface area contributed by atoms with Gasteiger partial charge in [0, 0.05) is 5.41 Å². The molecule has 0 aromatic carbocycles. The van der Waals surface area contributed by atoms with E-state index in [0.717, 1.165) is 5.82 Å². The lowest BCUT2D eigenvalue weighted by atomic mass is 9.96. The van der Waals surface area contributed by atoms with E-state index in [1.807, 2.05) is 0 Å². The van der Waals surface area contributed by atoms with Gasteiger partial charge in [-0.05, 0) is 17.4 Å². The van der Waals surface area contributed by atoms with Crippen molar-refractivity contribution in [3.8, 4) is 11.8 Å². The van der Waals surface area contributed by atoms with Crippen molar-refractivity contribution < 1.29 is 0 Å². The fourth-order valence-electron chi connectivity index (χ4n) is 1.00. The second-order valence-corrected chi connectivity index (χ2v) is 3.84. The summed E-state index contributed by atoms with van der Waals surface area (Å²) < 4.78 is 1.73. The molecule has 0 unspecified atom stereocenters. The van der Waals surface area contributed by atoms with Gasteiger partial charge in [-0.3, -0.25) is 0 Å². The van der Waals surface area contributed by atoms with Gasteiger partial charge in [0.2, 0.25) is 0 Å². The predicted molar refractivity (Wildman–Crippen MR) is 50.0 cm³/mol. The molecule has 0 saturated carbocycles. The number of hydrogen-bond donors (Lipinski definition) is 0. The van der Waals surface area contributed by atoms with Crippen LogP contribution in [-0.4, -0.2) is 20.2 Å². The summed E-state index contributed by atoms with van der Waals surface area (Å²) in [6.45, 7) is 8.61. The highest BCUT2D eigenvalue weighted by molar-refractivity contribution is 5.02. The van der Waals surface area contributed by atoms with E-state index in [2.05, 4.69) is 48.1 Å². The Kier molecular flexibility index (Phi) is 2.66. The van der Waals surface area contributed by atoms with Gasteiger partial charge in [0.15, 0.2) is 5.82 Å². The van der Waals surface area contributed by atoms with E-state index in [-0.39, 0.29) is 5.41 Å². The SMILES string of the molecule is CC#CCn1nnnc1C(C)(C)C. The van der Waals surface area contributed by atoms with Crippen molar-refractivity contribution >= 4 is 0 Å². The van der Waals surface area contributed by atoms with Crippen LogP contribution >= 0.6 is 0 Å². The van der Waals surface area contributed by atoms with Crippen molar-refractivity contribution in [1.29, 1.82) is 0 Å². The smallest absolute Gasteiger partial charge is 0.157 e. The summed E-state index contributed by atoms with van der Waals surface area (Å²) in [5, 5.41) is 11.5. The van der Waals surface area contributed by atoms with E-state index in [1.54, 1.807) is 11.6 Å². The van der Waals surface area contributed by atoms with Gasteiger partial charge in [0.1, 0.15) is 6.54 Å². The largest absolute Gasteiger partial charge is 0.217 e. The Morgan fingerprint density at radius 1 is 1.38 bits per heavy atom. The molecular formula is C9H14N4. The molecule has 0 N–H and O–H groups in total. The Labute approximate surface area is 78.3 Å². The lowest BCUT2D eigenvalue weighted by Gasteiger charge is -2.15. The number of aromatic nitrogens is 4. The lowest BCUT2D eigenvalue weighted by molar-refractivity contribution is 0.496. The van der Waals surface area contributed by atoms with Gasteiger partial charge in [-0.2, -0.15) is 0 Å². The maximum Gasteiger partial charge on any atom is 0.157 e. The third-order valence-corrected chi connectivity index (χ3v) is 1.61. The topological polar surface area (TPSA) is 43.6 Å². The quantitative estimate of drug-likeness (QED) is 0.602. The molecule has 4 nitrogen and oxygen atoms in total. The molecule has 1 rings (SSSR count). The maximum atomic E-state index is 3.97. The summed E-state index contributed by atoms with van der Waals surface area (Å²) in [6, 6.07) is 0. The summed E-state index contributed by atoms with van der Waals surface area (Å²) in [6.07, 6.45) is 0. The highest BCUT2D eigenvalue weighted by atomic mass is 15.5. The molecule has 70 valence electrons.